The standard InChI is InChI=1S/C21H17N5OS/c27-19(22-15-9-3-1-4-10-15)20(26-25-16-11-5-2-6-12-16)28-21-23-17-13-7-8-14-18(17)24-21/h1-14,25H,(H,22,27)(H,23,24)/b26-20-. The topological polar surface area (TPSA) is 82.2 Å². The summed E-state index contributed by atoms with van der Waals surface area (Å²) < 4.78 is 0. The highest BCUT2D eigenvalue weighted by molar-refractivity contribution is 8.15. The number of nitrogens with zero attached hydrogens (tertiary/aromatic N) is 2. The van der Waals surface area contributed by atoms with Crippen molar-refractivity contribution < 1.29 is 4.79 Å². The number of carbonyl (C=O) groups excluding carboxylic acids is 1. The minimum Gasteiger partial charge on any atom is -0.333 e. The van der Waals surface area contributed by atoms with Gasteiger partial charge in [0.2, 0.25) is 0 Å². The van der Waals surface area contributed by atoms with E-state index in [9.17, 15) is 4.79 Å². The number of fused-ring (bicyclic) bond motifs is 1. The van der Waals surface area contributed by atoms with E-state index in [-0.39, 0.29) is 11.0 Å². The van der Waals surface area contributed by atoms with Gasteiger partial charge in [-0.15, -0.1) is 0 Å². The van der Waals surface area contributed by atoms with Gasteiger partial charge < -0.3 is 10.3 Å². The number of aromatic amines is 1. The molecule has 6 nitrogen and oxygen atoms in total. The molecule has 0 aliphatic rings. The van der Waals surface area contributed by atoms with Gasteiger partial charge in [-0.3, -0.25) is 10.2 Å². The highest BCUT2D eigenvalue weighted by Crippen LogP contribution is 2.22. The van der Waals surface area contributed by atoms with E-state index in [1.165, 1.54) is 11.8 Å². The number of thioether (sulfide) groups is 1. The third-order valence-corrected chi connectivity index (χ3v) is 4.70. The number of carbonyl (C=O) groups is 1. The van der Waals surface area contributed by atoms with Gasteiger partial charge in [0.25, 0.3) is 5.91 Å². The smallest absolute Gasteiger partial charge is 0.283 e. The molecule has 0 unspecified atom stereocenters. The molecule has 1 aromatic heterocycles. The lowest BCUT2D eigenvalue weighted by molar-refractivity contribution is -0.110. The molecule has 1 amide bonds. The molecule has 0 bridgehead atoms. The van der Waals surface area contributed by atoms with Gasteiger partial charge in [0, 0.05) is 5.69 Å². The Labute approximate surface area is 166 Å². The predicted molar refractivity (Wildman–Crippen MR) is 115 cm³/mol. The van der Waals surface area contributed by atoms with Crippen LogP contribution < -0.4 is 10.7 Å². The second-order valence-corrected chi connectivity index (χ2v) is 6.85. The summed E-state index contributed by atoms with van der Waals surface area (Å²) in [6, 6.07) is 26.4. The van der Waals surface area contributed by atoms with E-state index in [0.717, 1.165) is 16.7 Å². The normalized spacial score (nSPS) is 11.4. The van der Waals surface area contributed by atoms with Gasteiger partial charge in [-0.25, -0.2) is 4.98 Å². The molecule has 28 heavy (non-hydrogen) atoms. The summed E-state index contributed by atoms with van der Waals surface area (Å²) in [5.41, 5.74) is 6.16. The Morgan fingerprint density at radius 1 is 0.857 bits per heavy atom. The molecule has 4 aromatic rings. The molecular weight excluding hydrogens is 370 g/mol. The fraction of sp³-hybridized carbons (Fsp3) is 0. The van der Waals surface area contributed by atoms with Crippen molar-refractivity contribution in [2.45, 2.75) is 5.16 Å². The van der Waals surface area contributed by atoms with E-state index in [0.29, 0.717) is 10.8 Å². The fourth-order valence-electron chi connectivity index (χ4n) is 2.52. The molecule has 3 aromatic carbocycles. The average Bonchev–Trinajstić information content (AvgIpc) is 3.15. The monoisotopic (exact) mass is 387 g/mol. The van der Waals surface area contributed by atoms with Crippen LogP contribution in [0.3, 0.4) is 0 Å². The highest BCUT2D eigenvalue weighted by atomic mass is 32.2. The SMILES string of the molecule is O=C(Nc1ccccc1)/C(=N/Nc1ccccc1)Sc1nc2ccccc2[nH]1. The Bertz CT molecular complexity index is 1080. The van der Waals surface area contributed by atoms with Crippen LogP contribution in [0.15, 0.2) is 95.2 Å². The maximum absolute atomic E-state index is 12.8. The molecule has 0 fully saturated rings. The van der Waals surface area contributed by atoms with Crippen LogP contribution in [0.1, 0.15) is 0 Å². The van der Waals surface area contributed by atoms with Crippen LogP contribution >= 0.6 is 11.8 Å². The predicted octanol–water partition coefficient (Wildman–Crippen LogP) is 4.72. The van der Waals surface area contributed by atoms with Crippen LogP contribution in [0.5, 0.6) is 0 Å². The quantitative estimate of drug-likeness (QED) is 0.205. The molecule has 0 aliphatic carbocycles. The van der Waals surface area contributed by atoms with E-state index in [1.807, 2.05) is 84.9 Å². The molecule has 0 radical (unpaired) electrons. The first-order valence-corrected chi connectivity index (χ1v) is 9.47. The maximum atomic E-state index is 12.8. The summed E-state index contributed by atoms with van der Waals surface area (Å²) in [6.07, 6.45) is 0. The van der Waals surface area contributed by atoms with Crippen LogP contribution in [-0.2, 0) is 4.79 Å². The first-order chi connectivity index (χ1) is 13.8. The molecule has 0 atom stereocenters. The van der Waals surface area contributed by atoms with E-state index < -0.39 is 0 Å². The molecule has 3 N–H and O–H groups in total. The Morgan fingerprint density at radius 3 is 2.21 bits per heavy atom. The number of hydrazone groups is 1. The van der Waals surface area contributed by atoms with Gasteiger partial charge in [-0.2, -0.15) is 5.10 Å². The van der Waals surface area contributed by atoms with E-state index in [4.69, 9.17) is 0 Å². The third kappa shape index (κ3) is 4.39. The van der Waals surface area contributed by atoms with Crippen LogP contribution in [0, 0.1) is 0 Å². The van der Waals surface area contributed by atoms with Gasteiger partial charge in [0.15, 0.2) is 10.2 Å². The molecule has 1 heterocycles. The van der Waals surface area contributed by atoms with Gasteiger partial charge in [0.05, 0.1) is 16.7 Å². The largest absolute Gasteiger partial charge is 0.333 e. The maximum Gasteiger partial charge on any atom is 0.283 e. The zero-order valence-corrected chi connectivity index (χ0v) is 15.6. The lowest BCUT2D eigenvalue weighted by Gasteiger charge is -2.07. The lowest BCUT2D eigenvalue weighted by atomic mass is 10.3. The summed E-state index contributed by atoms with van der Waals surface area (Å²) in [6.45, 7) is 0. The van der Waals surface area contributed by atoms with Gasteiger partial charge in [-0.1, -0.05) is 48.5 Å². The van der Waals surface area contributed by atoms with E-state index in [2.05, 4.69) is 25.8 Å². The van der Waals surface area contributed by atoms with Gasteiger partial charge in [-0.05, 0) is 48.2 Å². The molecule has 0 aliphatic heterocycles. The Kier molecular flexibility index (Phi) is 5.35. The van der Waals surface area contributed by atoms with Crippen molar-refractivity contribution in [2.75, 3.05) is 10.7 Å². The summed E-state index contributed by atoms with van der Waals surface area (Å²) in [5, 5.41) is 8.01. The number of amides is 1. The summed E-state index contributed by atoms with van der Waals surface area (Å²) in [7, 11) is 0. The summed E-state index contributed by atoms with van der Waals surface area (Å²) >= 11 is 1.17. The first-order valence-electron chi connectivity index (χ1n) is 8.66. The van der Waals surface area contributed by atoms with E-state index in [1.54, 1.807) is 0 Å². The van der Waals surface area contributed by atoms with Crippen molar-refractivity contribution in [3.05, 3.63) is 84.9 Å². The Morgan fingerprint density at radius 2 is 1.50 bits per heavy atom. The van der Waals surface area contributed by atoms with Gasteiger partial charge in [0.1, 0.15) is 0 Å². The number of imidazole rings is 1. The van der Waals surface area contributed by atoms with Crippen molar-refractivity contribution in [3.8, 4) is 0 Å². The number of hydrogen-bond acceptors (Lipinski definition) is 5. The first kappa shape index (κ1) is 17.8. The number of benzene rings is 3. The van der Waals surface area contributed by atoms with Gasteiger partial charge >= 0.3 is 0 Å². The van der Waals surface area contributed by atoms with Crippen molar-refractivity contribution in [1.29, 1.82) is 0 Å². The van der Waals surface area contributed by atoms with Crippen molar-refractivity contribution in [2.24, 2.45) is 5.10 Å². The molecule has 4 rings (SSSR count). The van der Waals surface area contributed by atoms with Crippen LogP contribution in [0.4, 0.5) is 11.4 Å². The molecule has 7 heteroatoms. The number of H-pyrrole nitrogens is 1. The fourth-order valence-corrected chi connectivity index (χ4v) is 3.25. The van der Waals surface area contributed by atoms with Crippen molar-refractivity contribution in [3.63, 3.8) is 0 Å². The number of aromatic nitrogens is 2. The summed E-state index contributed by atoms with van der Waals surface area (Å²) in [5.74, 6) is -0.319. The van der Waals surface area contributed by atoms with Crippen LogP contribution in [-0.4, -0.2) is 20.9 Å². The zero-order valence-electron chi connectivity index (χ0n) is 14.8. The molecule has 138 valence electrons. The molecule has 0 saturated carbocycles. The lowest BCUT2D eigenvalue weighted by Crippen LogP contribution is -2.21. The van der Waals surface area contributed by atoms with E-state index >= 15 is 0 Å². The minimum atomic E-state index is -0.319. The average molecular weight is 387 g/mol. The second-order valence-electron chi connectivity index (χ2n) is 5.88. The zero-order chi connectivity index (χ0) is 19.2. The number of rotatable bonds is 4. The number of hydrogen-bond donors (Lipinski definition) is 3. The third-order valence-electron chi connectivity index (χ3n) is 3.85. The molecule has 0 saturated heterocycles. The minimum absolute atomic E-state index is 0.242. The molecular formula is C21H17N5OS. The second kappa shape index (κ2) is 8.41. The highest BCUT2D eigenvalue weighted by Gasteiger charge is 2.16. The Balaban J connectivity index is 1.59. The number of para-hydroxylation sites is 4. The number of anilines is 2. The summed E-state index contributed by atoms with van der Waals surface area (Å²) in [4.78, 5) is 20.5. The van der Waals surface area contributed by atoms with Crippen LogP contribution in [0.2, 0.25) is 0 Å². The van der Waals surface area contributed by atoms with Crippen molar-refractivity contribution >= 4 is 45.1 Å². The number of nitrogens with one attached hydrogen (secondary N) is 3. The Hall–Kier alpha value is -3.58. The van der Waals surface area contributed by atoms with Crippen molar-refractivity contribution in [1.82, 2.24) is 9.97 Å². The molecule has 0 spiro atoms. The van der Waals surface area contributed by atoms with Crippen LogP contribution in [0.25, 0.3) is 11.0 Å².